The molecule has 5 heteroatoms. The SMILES string of the molecule is c1ccc2cc(C3=NC(c4c(-c5ccc6oc7ccccc7c6c5)ccc5oc6ccccc6c45)=NC(c4ccc5ccccc5c4)N3)ccc2c1. The van der Waals surface area contributed by atoms with Gasteiger partial charge in [0.15, 0.2) is 5.84 Å². The molecule has 0 aliphatic carbocycles. The van der Waals surface area contributed by atoms with Crippen molar-refractivity contribution in [3.63, 3.8) is 0 Å². The number of rotatable bonds is 4. The second-order valence-electron chi connectivity index (χ2n) is 13.4. The van der Waals surface area contributed by atoms with Crippen LogP contribution in [-0.4, -0.2) is 11.7 Å². The van der Waals surface area contributed by atoms with Crippen molar-refractivity contribution in [2.24, 2.45) is 9.98 Å². The minimum absolute atomic E-state index is 0.389. The molecule has 1 unspecified atom stereocenters. The molecule has 5 nitrogen and oxygen atoms in total. The zero-order chi connectivity index (χ0) is 34.2. The zero-order valence-corrected chi connectivity index (χ0v) is 27.9. The maximum absolute atomic E-state index is 6.48. The summed E-state index contributed by atoms with van der Waals surface area (Å²) in [5.41, 5.74) is 8.39. The van der Waals surface area contributed by atoms with E-state index in [2.05, 4.69) is 145 Å². The van der Waals surface area contributed by atoms with Crippen molar-refractivity contribution >= 4 is 77.1 Å². The Bertz CT molecular complexity index is 3130. The van der Waals surface area contributed by atoms with Crippen LogP contribution in [0.4, 0.5) is 0 Å². The van der Waals surface area contributed by atoms with Gasteiger partial charge in [-0.2, -0.15) is 0 Å². The third kappa shape index (κ3) is 4.56. The minimum Gasteiger partial charge on any atom is -0.456 e. The molecule has 0 saturated heterocycles. The predicted molar refractivity (Wildman–Crippen MR) is 213 cm³/mol. The molecule has 0 bridgehead atoms. The Morgan fingerprint density at radius 1 is 0.462 bits per heavy atom. The number of hydrogen-bond acceptors (Lipinski definition) is 5. The Balaban J connectivity index is 1.19. The molecule has 0 spiro atoms. The van der Waals surface area contributed by atoms with Crippen molar-refractivity contribution in [3.05, 3.63) is 180 Å². The lowest BCUT2D eigenvalue weighted by Crippen LogP contribution is -2.33. The minimum atomic E-state index is -0.389. The van der Waals surface area contributed by atoms with Crippen LogP contribution in [0.15, 0.2) is 183 Å². The van der Waals surface area contributed by atoms with Crippen molar-refractivity contribution in [1.82, 2.24) is 5.32 Å². The van der Waals surface area contributed by atoms with Crippen LogP contribution < -0.4 is 5.32 Å². The van der Waals surface area contributed by atoms with Crippen LogP contribution in [0.2, 0.25) is 0 Å². The molecule has 244 valence electrons. The average molecular weight is 668 g/mol. The van der Waals surface area contributed by atoms with Gasteiger partial charge in [-0.15, -0.1) is 0 Å². The van der Waals surface area contributed by atoms with Crippen LogP contribution in [0.1, 0.15) is 22.9 Å². The normalized spacial score (nSPS) is 14.7. The highest BCUT2D eigenvalue weighted by Gasteiger charge is 2.27. The second-order valence-corrected chi connectivity index (χ2v) is 13.4. The molecule has 11 rings (SSSR count). The Labute approximate surface area is 298 Å². The first-order chi connectivity index (χ1) is 25.7. The van der Waals surface area contributed by atoms with Crippen LogP contribution in [0.25, 0.3) is 76.5 Å². The molecule has 10 aromatic rings. The number of nitrogens with one attached hydrogen (secondary N) is 1. The fourth-order valence-corrected chi connectivity index (χ4v) is 7.77. The van der Waals surface area contributed by atoms with Gasteiger partial charge < -0.3 is 14.2 Å². The first kappa shape index (κ1) is 28.8. The van der Waals surface area contributed by atoms with Crippen molar-refractivity contribution < 1.29 is 8.83 Å². The Morgan fingerprint density at radius 2 is 1.08 bits per heavy atom. The van der Waals surface area contributed by atoms with Gasteiger partial charge in [0.2, 0.25) is 0 Å². The summed E-state index contributed by atoms with van der Waals surface area (Å²) in [6.45, 7) is 0. The van der Waals surface area contributed by atoms with Gasteiger partial charge in [0.1, 0.15) is 34.3 Å². The van der Waals surface area contributed by atoms with E-state index in [1.807, 2.05) is 24.3 Å². The second kappa shape index (κ2) is 11.3. The first-order valence-electron chi connectivity index (χ1n) is 17.5. The third-order valence-corrected chi connectivity index (χ3v) is 10.3. The summed E-state index contributed by atoms with van der Waals surface area (Å²) in [4.78, 5) is 10.8. The molecule has 0 saturated carbocycles. The van der Waals surface area contributed by atoms with Gasteiger partial charge in [-0.05, 0) is 86.8 Å². The van der Waals surface area contributed by atoms with E-state index in [-0.39, 0.29) is 6.17 Å². The Morgan fingerprint density at radius 3 is 1.90 bits per heavy atom. The number of benzene rings is 8. The Hall–Kier alpha value is -6.98. The zero-order valence-electron chi connectivity index (χ0n) is 27.9. The van der Waals surface area contributed by atoms with Gasteiger partial charge in [-0.3, -0.25) is 0 Å². The number of para-hydroxylation sites is 2. The molecule has 1 aliphatic rings. The quantitative estimate of drug-likeness (QED) is 0.203. The lowest BCUT2D eigenvalue weighted by molar-refractivity contribution is 0.668. The van der Waals surface area contributed by atoms with Gasteiger partial charge in [-0.1, -0.05) is 115 Å². The fourth-order valence-electron chi connectivity index (χ4n) is 7.77. The highest BCUT2D eigenvalue weighted by molar-refractivity contribution is 6.25. The smallest absolute Gasteiger partial charge is 0.160 e. The first-order valence-corrected chi connectivity index (χ1v) is 17.5. The topological polar surface area (TPSA) is 63.0 Å². The molecule has 8 aromatic carbocycles. The molecule has 52 heavy (non-hydrogen) atoms. The van der Waals surface area contributed by atoms with E-state index >= 15 is 0 Å². The van der Waals surface area contributed by atoms with Crippen LogP contribution >= 0.6 is 0 Å². The van der Waals surface area contributed by atoms with E-state index in [1.54, 1.807) is 0 Å². The summed E-state index contributed by atoms with van der Waals surface area (Å²) < 4.78 is 12.7. The maximum Gasteiger partial charge on any atom is 0.160 e. The van der Waals surface area contributed by atoms with Gasteiger partial charge in [-0.25, -0.2) is 9.98 Å². The van der Waals surface area contributed by atoms with Crippen molar-refractivity contribution in [3.8, 4) is 11.1 Å². The number of amidine groups is 2. The molecule has 1 atom stereocenters. The summed E-state index contributed by atoms with van der Waals surface area (Å²) in [5.74, 6) is 1.41. The summed E-state index contributed by atoms with van der Waals surface area (Å²) in [7, 11) is 0. The van der Waals surface area contributed by atoms with E-state index in [0.717, 1.165) is 88.3 Å². The number of hydrogen-bond donors (Lipinski definition) is 1. The molecule has 2 aromatic heterocycles. The fraction of sp³-hybridized carbons (Fsp3) is 0.0213. The van der Waals surface area contributed by atoms with E-state index in [1.165, 1.54) is 10.8 Å². The standard InChI is InChI=1S/C47H29N3O2/c1-3-11-30-25-33(19-17-28(30)9-1)45-48-46(34-20-18-29-10-2-4-12-31(29)26-34)50-47(49-45)44-35(22-24-42-43(44)37-14-6-8-16-40(37)52-42)32-21-23-41-38(27-32)36-13-5-7-15-39(36)51-41/h1-27,45H,(H,48,49,50). The predicted octanol–water partition coefficient (Wildman–Crippen LogP) is 12.0. The number of aliphatic imine (C=N–C) groups is 2. The van der Waals surface area contributed by atoms with Crippen LogP contribution in [-0.2, 0) is 0 Å². The van der Waals surface area contributed by atoms with Gasteiger partial charge in [0, 0.05) is 32.7 Å². The van der Waals surface area contributed by atoms with Crippen LogP contribution in [0.3, 0.4) is 0 Å². The van der Waals surface area contributed by atoms with Crippen molar-refractivity contribution in [2.45, 2.75) is 6.17 Å². The van der Waals surface area contributed by atoms with Gasteiger partial charge in [0.05, 0.1) is 0 Å². The third-order valence-electron chi connectivity index (χ3n) is 10.3. The lowest BCUT2D eigenvalue weighted by Gasteiger charge is -2.25. The van der Waals surface area contributed by atoms with E-state index in [0.29, 0.717) is 5.84 Å². The van der Waals surface area contributed by atoms with E-state index in [9.17, 15) is 0 Å². The van der Waals surface area contributed by atoms with E-state index < -0.39 is 0 Å². The molecule has 1 N–H and O–H groups in total. The van der Waals surface area contributed by atoms with Crippen LogP contribution in [0, 0.1) is 0 Å². The molecule has 1 aliphatic heterocycles. The average Bonchev–Trinajstić information content (AvgIpc) is 3.78. The van der Waals surface area contributed by atoms with Gasteiger partial charge >= 0.3 is 0 Å². The maximum atomic E-state index is 6.48. The molecule has 0 fully saturated rings. The molecule has 0 amide bonds. The number of fused-ring (bicyclic) bond motifs is 8. The molecule has 0 radical (unpaired) electrons. The molecular formula is C47H29N3O2. The van der Waals surface area contributed by atoms with Crippen LogP contribution in [0.5, 0.6) is 0 Å². The Kier molecular flexibility index (Phi) is 6.25. The lowest BCUT2D eigenvalue weighted by atomic mass is 9.93. The van der Waals surface area contributed by atoms with Crippen molar-refractivity contribution in [2.75, 3.05) is 0 Å². The highest BCUT2D eigenvalue weighted by Crippen LogP contribution is 2.41. The largest absolute Gasteiger partial charge is 0.456 e. The summed E-state index contributed by atoms with van der Waals surface area (Å²) in [6, 6.07) is 57.0. The summed E-state index contributed by atoms with van der Waals surface area (Å²) in [5, 5.41) is 12.6. The highest BCUT2D eigenvalue weighted by atomic mass is 16.3. The monoisotopic (exact) mass is 667 g/mol. The van der Waals surface area contributed by atoms with Crippen molar-refractivity contribution in [1.29, 1.82) is 0 Å². The molecular weight excluding hydrogens is 639 g/mol. The van der Waals surface area contributed by atoms with Gasteiger partial charge in [0.25, 0.3) is 0 Å². The number of furan rings is 2. The summed E-state index contributed by atoms with van der Waals surface area (Å²) >= 11 is 0. The number of nitrogens with zero attached hydrogens (tertiary/aromatic N) is 2. The summed E-state index contributed by atoms with van der Waals surface area (Å²) in [6.07, 6.45) is -0.389. The molecule has 3 heterocycles. The van der Waals surface area contributed by atoms with E-state index in [4.69, 9.17) is 18.8 Å².